The van der Waals surface area contributed by atoms with E-state index in [1.807, 2.05) is 0 Å². The van der Waals surface area contributed by atoms with Gasteiger partial charge in [0.05, 0.1) is 6.54 Å². The maximum Gasteiger partial charge on any atom is 0.193 e. The second-order valence-corrected chi connectivity index (χ2v) is 8.92. The molecular weight excluding hydrogens is 485 g/mol. The quantitative estimate of drug-likeness (QED) is 0.269. The summed E-state index contributed by atoms with van der Waals surface area (Å²) in [7, 11) is 0. The maximum atomic E-state index is 5.02. The third-order valence-electron chi connectivity index (χ3n) is 5.86. The number of guanidine groups is 1. The van der Waals surface area contributed by atoms with Gasteiger partial charge in [-0.3, -0.25) is 4.99 Å². The van der Waals surface area contributed by atoms with Crippen LogP contribution in [0.4, 0.5) is 0 Å². The number of nitrogens with one attached hydrogen (secondary N) is 2. The molecule has 0 radical (unpaired) electrons. The Hall–Kier alpha value is -0.860. The first kappa shape index (κ1) is 27.2. The van der Waals surface area contributed by atoms with Gasteiger partial charge >= 0.3 is 0 Å². The van der Waals surface area contributed by atoms with Gasteiger partial charge in [-0.15, -0.1) is 24.0 Å². The maximum absolute atomic E-state index is 5.02. The van der Waals surface area contributed by atoms with E-state index in [-0.39, 0.29) is 29.5 Å². The minimum atomic E-state index is -0.0731. The summed E-state index contributed by atoms with van der Waals surface area (Å²) in [5, 5.41) is 7.27. The molecule has 0 aliphatic carbocycles. The van der Waals surface area contributed by atoms with Crippen LogP contribution in [-0.2, 0) is 0 Å². The fraction of sp³-hybridized carbons (Fsp3) is 0.708. The number of hydrogen-bond donors (Lipinski definition) is 2. The second kappa shape index (κ2) is 13.5. The molecule has 0 saturated carbocycles. The SMILES string of the molecule is CCNC(=NCC(C)(C)NC(C)c1ccccc1)N1CCC(CN(CC)CC)C1.I. The van der Waals surface area contributed by atoms with Gasteiger partial charge in [0.15, 0.2) is 5.96 Å². The van der Waals surface area contributed by atoms with Gasteiger partial charge in [0.25, 0.3) is 0 Å². The van der Waals surface area contributed by atoms with Crippen molar-refractivity contribution in [2.75, 3.05) is 45.8 Å². The Morgan fingerprint density at radius 2 is 1.87 bits per heavy atom. The number of likely N-dealkylation sites (tertiary alicyclic amines) is 1. The smallest absolute Gasteiger partial charge is 0.193 e. The molecule has 1 heterocycles. The van der Waals surface area contributed by atoms with E-state index in [9.17, 15) is 0 Å². The zero-order valence-electron chi connectivity index (χ0n) is 19.9. The number of halogens is 1. The summed E-state index contributed by atoms with van der Waals surface area (Å²) >= 11 is 0. The topological polar surface area (TPSA) is 42.9 Å². The van der Waals surface area contributed by atoms with E-state index < -0.39 is 0 Å². The molecule has 2 rings (SSSR count). The molecular formula is C24H44IN5. The highest BCUT2D eigenvalue weighted by molar-refractivity contribution is 14.0. The summed E-state index contributed by atoms with van der Waals surface area (Å²) in [4.78, 5) is 10.0. The first-order valence-corrected chi connectivity index (χ1v) is 11.5. The zero-order chi connectivity index (χ0) is 21.3. The van der Waals surface area contributed by atoms with Crippen molar-refractivity contribution in [2.24, 2.45) is 10.9 Å². The van der Waals surface area contributed by atoms with Crippen LogP contribution in [0.2, 0.25) is 0 Å². The van der Waals surface area contributed by atoms with Crippen LogP contribution in [0, 0.1) is 5.92 Å². The van der Waals surface area contributed by atoms with Crippen molar-refractivity contribution in [1.29, 1.82) is 0 Å². The number of nitrogens with zero attached hydrogens (tertiary/aromatic N) is 3. The third-order valence-corrected chi connectivity index (χ3v) is 5.86. The van der Waals surface area contributed by atoms with Gasteiger partial charge in [0.1, 0.15) is 0 Å². The Morgan fingerprint density at radius 3 is 2.47 bits per heavy atom. The molecule has 1 aliphatic heterocycles. The van der Waals surface area contributed by atoms with Crippen molar-refractivity contribution in [3.05, 3.63) is 35.9 Å². The van der Waals surface area contributed by atoms with Crippen LogP contribution < -0.4 is 10.6 Å². The minimum absolute atomic E-state index is 0. The van der Waals surface area contributed by atoms with Gasteiger partial charge < -0.3 is 20.4 Å². The Balaban J connectivity index is 0.00000450. The van der Waals surface area contributed by atoms with E-state index in [4.69, 9.17) is 4.99 Å². The molecule has 0 aromatic heterocycles. The molecule has 172 valence electrons. The molecule has 2 atom stereocenters. The van der Waals surface area contributed by atoms with E-state index in [2.05, 4.69) is 92.3 Å². The molecule has 6 heteroatoms. The monoisotopic (exact) mass is 529 g/mol. The lowest BCUT2D eigenvalue weighted by atomic mass is 10.0. The molecule has 1 fully saturated rings. The lowest BCUT2D eigenvalue weighted by molar-refractivity contribution is 0.255. The normalized spacial score (nSPS) is 18.4. The van der Waals surface area contributed by atoms with Gasteiger partial charge in [0, 0.05) is 37.8 Å². The highest BCUT2D eigenvalue weighted by Gasteiger charge is 2.27. The van der Waals surface area contributed by atoms with Crippen molar-refractivity contribution in [2.45, 2.75) is 59.5 Å². The predicted molar refractivity (Wildman–Crippen MR) is 141 cm³/mol. The van der Waals surface area contributed by atoms with Gasteiger partial charge in [-0.05, 0) is 58.7 Å². The Morgan fingerprint density at radius 1 is 1.20 bits per heavy atom. The molecule has 2 unspecified atom stereocenters. The van der Waals surface area contributed by atoms with Gasteiger partial charge in [-0.2, -0.15) is 0 Å². The van der Waals surface area contributed by atoms with Crippen molar-refractivity contribution in [3.63, 3.8) is 0 Å². The van der Waals surface area contributed by atoms with Crippen LogP contribution in [0.25, 0.3) is 0 Å². The predicted octanol–water partition coefficient (Wildman–Crippen LogP) is 4.36. The van der Waals surface area contributed by atoms with Gasteiger partial charge in [0.2, 0.25) is 0 Å². The molecule has 0 amide bonds. The zero-order valence-corrected chi connectivity index (χ0v) is 22.3. The molecule has 1 aromatic carbocycles. The summed E-state index contributed by atoms with van der Waals surface area (Å²) in [6.45, 7) is 20.7. The van der Waals surface area contributed by atoms with Gasteiger partial charge in [-0.25, -0.2) is 0 Å². The summed E-state index contributed by atoms with van der Waals surface area (Å²) in [6, 6.07) is 10.9. The van der Waals surface area contributed by atoms with Crippen LogP contribution in [0.1, 0.15) is 59.6 Å². The van der Waals surface area contributed by atoms with Crippen LogP contribution in [-0.4, -0.2) is 67.1 Å². The summed E-state index contributed by atoms with van der Waals surface area (Å²) in [5.41, 5.74) is 1.24. The summed E-state index contributed by atoms with van der Waals surface area (Å²) < 4.78 is 0. The second-order valence-electron chi connectivity index (χ2n) is 8.92. The average Bonchev–Trinajstić information content (AvgIpc) is 3.18. The van der Waals surface area contributed by atoms with Crippen molar-refractivity contribution in [1.82, 2.24) is 20.4 Å². The van der Waals surface area contributed by atoms with E-state index >= 15 is 0 Å². The van der Waals surface area contributed by atoms with Crippen LogP contribution in [0.15, 0.2) is 35.3 Å². The van der Waals surface area contributed by atoms with Crippen molar-refractivity contribution >= 4 is 29.9 Å². The molecule has 5 nitrogen and oxygen atoms in total. The molecule has 2 N–H and O–H groups in total. The van der Waals surface area contributed by atoms with Gasteiger partial charge in [-0.1, -0.05) is 44.2 Å². The lowest BCUT2D eigenvalue weighted by Gasteiger charge is -2.30. The first-order valence-electron chi connectivity index (χ1n) is 11.5. The van der Waals surface area contributed by atoms with Crippen LogP contribution in [0.5, 0.6) is 0 Å². The Labute approximate surface area is 202 Å². The molecule has 1 aliphatic rings. The number of aliphatic imine (C=N–C) groups is 1. The van der Waals surface area contributed by atoms with Crippen LogP contribution in [0.3, 0.4) is 0 Å². The Bertz CT molecular complexity index is 615. The minimum Gasteiger partial charge on any atom is -0.357 e. The summed E-state index contributed by atoms with van der Waals surface area (Å²) in [5.74, 6) is 1.81. The molecule has 0 bridgehead atoms. The summed E-state index contributed by atoms with van der Waals surface area (Å²) in [6.07, 6.45) is 1.26. The fourth-order valence-electron chi connectivity index (χ4n) is 4.18. The molecule has 30 heavy (non-hydrogen) atoms. The highest BCUT2D eigenvalue weighted by Crippen LogP contribution is 2.19. The van der Waals surface area contributed by atoms with E-state index in [0.717, 1.165) is 51.1 Å². The first-order chi connectivity index (χ1) is 13.9. The number of rotatable bonds is 10. The Kier molecular flexibility index (Phi) is 12.3. The van der Waals surface area contributed by atoms with E-state index in [0.29, 0.717) is 6.04 Å². The lowest BCUT2D eigenvalue weighted by Crippen LogP contribution is -2.46. The van der Waals surface area contributed by atoms with Crippen molar-refractivity contribution < 1.29 is 0 Å². The molecule has 1 aromatic rings. The number of benzene rings is 1. The fourth-order valence-corrected chi connectivity index (χ4v) is 4.18. The third kappa shape index (κ3) is 8.71. The van der Waals surface area contributed by atoms with Crippen LogP contribution >= 0.6 is 24.0 Å². The molecule has 0 spiro atoms. The van der Waals surface area contributed by atoms with E-state index in [1.165, 1.54) is 18.5 Å². The highest BCUT2D eigenvalue weighted by atomic mass is 127. The molecule has 1 saturated heterocycles. The number of hydrogen-bond acceptors (Lipinski definition) is 3. The largest absolute Gasteiger partial charge is 0.357 e. The standard InChI is InChI=1S/C24H43N5.HI/c1-7-25-23(29-16-15-21(18-29)17-28(8-2)9-3)26-19-24(5,6)27-20(4)22-13-11-10-12-14-22;/h10-14,20-21,27H,7-9,15-19H2,1-6H3,(H,25,26);1H. The van der Waals surface area contributed by atoms with E-state index in [1.54, 1.807) is 0 Å². The van der Waals surface area contributed by atoms with Crippen molar-refractivity contribution in [3.8, 4) is 0 Å². The average molecular weight is 530 g/mol.